The Bertz CT molecular complexity index is 427. The second-order valence-corrected chi connectivity index (χ2v) is 5.23. The van der Waals surface area contributed by atoms with Gasteiger partial charge in [0.25, 0.3) is 0 Å². The average Bonchev–Trinajstić information content (AvgIpc) is 2.35. The van der Waals surface area contributed by atoms with Crippen LogP contribution < -0.4 is 9.47 Å². The van der Waals surface area contributed by atoms with Crippen molar-refractivity contribution in [2.75, 3.05) is 14.2 Å². The normalized spacial score (nSPS) is 11.2. The lowest BCUT2D eigenvalue weighted by atomic mass is 9.80. The molecule has 0 amide bonds. The molecule has 0 N–H and O–H groups in total. The maximum Gasteiger partial charge on any atom is 0.221 e. The van der Waals surface area contributed by atoms with Crippen molar-refractivity contribution >= 4 is 16.8 Å². The molecule has 0 aliphatic carbocycles. The molecular formula is C14H19ClO3. The summed E-state index contributed by atoms with van der Waals surface area (Å²) in [5.74, 6) is 1.39. The Labute approximate surface area is 113 Å². The lowest BCUT2D eigenvalue weighted by Gasteiger charge is -2.25. The van der Waals surface area contributed by atoms with Crippen LogP contribution in [0.25, 0.3) is 0 Å². The van der Waals surface area contributed by atoms with Gasteiger partial charge in [-0.15, -0.1) is 0 Å². The molecule has 0 aliphatic rings. The number of methoxy groups -OCH3 is 2. The second-order valence-electron chi connectivity index (χ2n) is 4.81. The number of carbonyl (C=O) groups is 1. The predicted octanol–water partition coefficient (Wildman–Crippen LogP) is 3.53. The predicted molar refractivity (Wildman–Crippen MR) is 72.7 cm³/mol. The molecule has 0 bridgehead atoms. The Balaban J connectivity index is 2.97. The molecule has 0 saturated heterocycles. The maximum absolute atomic E-state index is 10.9. The summed E-state index contributed by atoms with van der Waals surface area (Å²) in [5.41, 5.74) is 0.961. The van der Waals surface area contributed by atoms with Gasteiger partial charge in [-0.05, 0) is 41.1 Å². The monoisotopic (exact) mass is 270 g/mol. The van der Waals surface area contributed by atoms with E-state index in [1.807, 2.05) is 18.2 Å². The van der Waals surface area contributed by atoms with Crippen LogP contribution in [0.2, 0.25) is 0 Å². The fourth-order valence-corrected chi connectivity index (χ4v) is 1.91. The average molecular weight is 271 g/mol. The van der Waals surface area contributed by atoms with Gasteiger partial charge in [-0.2, -0.15) is 0 Å². The molecule has 4 heteroatoms. The van der Waals surface area contributed by atoms with Gasteiger partial charge < -0.3 is 9.47 Å². The number of hydrogen-bond acceptors (Lipinski definition) is 3. The fourth-order valence-electron chi connectivity index (χ4n) is 1.81. The van der Waals surface area contributed by atoms with Gasteiger partial charge in [0.15, 0.2) is 11.5 Å². The molecule has 0 unspecified atom stereocenters. The summed E-state index contributed by atoms with van der Waals surface area (Å²) in [4.78, 5) is 10.9. The first-order chi connectivity index (χ1) is 8.40. The van der Waals surface area contributed by atoms with Gasteiger partial charge in [-0.1, -0.05) is 19.9 Å². The van der Waals surface area contributed by atoms with E-state index in [2.05, 4.69) is 13.8 Å². The number of halogens is 1. The largest absolute Gasteiger partial charge is 0.493 e. The lowest BCUT2D eigenvalue weighted by molar-refractivity contribution is -0.112. The number of carbonyl (C=O) groups excluding carboxylic acids is 1. The summed E-state index contributed by atoms with van der Waals surface area (Å²) >= 11 is 5.39. The highest BCUT2D eigenvalue weighted by atomic mass is 35.5. The molecule has 1 rings (SSSR count). The molecule has 1 aromatic rings. The first kappa shape index (κ1) is 14.8. The molecule has 0 aromatic heterocycles. The van der Waals surface area contributed by atoms with E-state index in [4.69, 9.17) is 21.1 Å². The smallest absolute Gasteiger partial charge is 0.221 e. The zero-order chi connectivity index (χ0) is 13.8. The zero-order valence-corrected chi connectivity index (χ0v) is 12.0. The Morgan fingerprint density at radius 1 is 1.22 bits per heavy atom. The van der Waals surface area contributed by atoms with Crippen molar-refractivity contribution < 1.29 is 14.3 Å². The van der Waals surface area contributed by atoms with Crippen molar-refractivity contribution in [1.82, 2.24) is 0 Å². The summed E-state index contributed by atoms with van der Waals surface area (Å²) in [7, 11) is 3.21. The zero-order valence-electron chi connectivity index (χ0n) is 11.2. The fraction of sp³-hybridized carbons (Fsp3) is 0.500. The summed E-state index contributed by atoms with van der Waals surface area (Å²) < 4.78 is 10.5. The quantitative estimate of drug-likeness (QED) is 0.742. The van der Waals surface area contributed by atoms with Crippen molar-refractivity contribution in [2.45, 2.75) is 32.1 Å². The van der Waals surface area contributed by atoms with Crippen LogP contribution in [0.4, 0.5) is 0 Å². The van der Waals surface area contributed by atoms with E-state index >= 15 is 0 Å². The second kappa shape index (κ2) is 6.10. The van der Waals surface area contributed by atoms with Crippen LogP contribution in [-0.4, -0.2) is 19.5 Å². The Hall–Kier alpha value is -1.22. The van der Waals surface area contributed by atoms with E-state index in [-0.39, 0.29) is 10.7 Å². The van der Waals surface area contributed by atoms with Gasteiger partial charge in [-0.25, -0.2) is 0 Å². The highest BCUT2D eigenvalue weighted by Crippen LogP contribution is 2.35. The Kier molecular flexibility index (Phi) is 5.03. The minimum absolute atomic E-state index is 0.135. The standard InChI is InChI=1S/C14H19ClO3/c1-14(2,8-7-13(15)16)10-5-6-11(17-3)12(9-10)18-4/h5-6,9H,7-8H2,1-4H3. The molecule has 0 saturated carbocycles. The van der Waals surface area contributed by atoms with Gasteiger partial charge in [0.05, 0.1) is 14.2 Å². The van der Waals surface area contributed by atoms with E-state index in [1.54, 1.807) is 14.2 Å². The molecule has 0 spiro atoms. The minimum Gasteiger partial charge on any atom is -0.493 e. The third kappa shape index (κ3) is 3.64. The third-order valence-electron chi connectivity index (χ3n) is 3.11. The third-order valence-corrected chi connectivity index (χ3v) is 3.30. The number of benzene rings is 1. The summed E-state index contributed by atoms with van der Waals surface area (Å²) in [6.45, 7) is 4.15. The van der Waals surface area contributed by atoms with Gasteiger partial charge >= 0.3 is 0 Å². The summed E-state index contributed by atoms with van der Waals surface area (Å²) in [6, 6.07) is 5.80. The van der Waals surface area contributed by atoms with E-state index in [1.165, 1.54) is 0 Å². The first-order valence-corrected chi connectivity index (χ1v) is 6.19. The molecule has 0 atom stereocenters. The van der Waals surface area contributed by atoms with Gasteiger partial charge in [0, 0.05) is 6.42 Å². The van der Waals surface area contributed by atoms with Crippen LogP contribution in [0, 0.1) is 0 Å². The minimum atomic E-state index is -0.302. The molecule has 100 valence electrons. The van der Waals surface area contributed by atoms with Crippen molar-refractivity contribution in [3.05, 3.63) is 23.8 Å². The van der Waals surface area contributed by atoms with Gasteiger partial charge in [-0.3, -0.25) is 4.79 Å². The molecule has 0 radical (unpaired) electrons. The Morgan fingerprint density at radius 3 is 2.33 bits per heavy atom. The SMILES string of the molecule is COc1ccc(C(C)(C)CCC(=O)Cl)cc1OC. The topological polar surface area (TPSA) is 35.5 Å². The van der Waals surface area contributed by atoms with Crippen LogP contribution in [0.1, 0.15) is 32.3 Å². The van der Waals surface area contributed by atoms with Crippen LogP contribution in [0.3, 0.4) is 0 Å². The lowest BCUT2D eigenvalue weighted by Crippen LogP contribution is -2.18. The van der Waals surface area contributed by atoms with Crippen molar-refractivity contribution in [1.29, 1.82) is 0 Å². The molecule has 0 fully saturated rings. The van der Waals surface area contributed by atoms with E-state index in [0.29, 0.717) is 24.3 Å². The number of rotatable bonds is 6. The summed E-state index contributed by atoms with van der Waals surface area (Å²) in [5, 5.41) is -0.302. The van der Waals surface area contributed by atoms with Crippen LogP contribution in [-0.2, 0) is 10.2 Å². The van der Waals surface area contributed by atoms with E-state index in [0.717, 1.165) is 5.56 Å². The van der Waals surface area contributed by atoms with Gasteiger partial charge in [0.1, 0.15) is 0 Å². The molecule has 0 heterocycles. The molecular weight excluding hydrogens is 252 g/mol. The highest BCUT2D eigenvalue weighted by Gasteiger charge is 2.22. The van der Waals surface area contributed by atoms with E-state index in [9.17, 15) is 4.79 Å². The van der Waals surface area contributed by atoms with Crippen molar-refractivity contribution in [3.63, 3.8) is 0 Å². The number of ether oxygens (including phenoxy) is 2. The van der Waals surface area contributed by atoms with Gasteiger partial charge in [0.2, 0.25) is 5.24 Å². The maximum atomic E-state index is 10.9. The van der Waals surface area contributed by atoms with Crippen LogP contribution >= 0.6 is 11.6 Å². The highest BCUT2D eigenvalue weighted by molar-refractivity contribution is 6.63. The van der Waals surface area contributed by atoms with Crippen LogP contribution in [0.15, 0.2) is 18.2 Å². The number of hydrogen-bond donors (Lipinski definition) is 0. The van der Waals surface area contributed by atoms with E-state index < -0.39 is 0 Å². The van der Waals surface area contributed by atoms with Crippen molar-refractivity contribution in [3.8, 4) is 11.5 Å². The first-order valence-electron chi connectivity index (χ1n) is 5.81. The van der Waals surface area contributed by atoms with Crippen molar-refractivity contribution in [2.24, 2.45) is 0 Å². The Morgan fingerprint density at radius 2 is 1.83 bits per heavy atom. The summed E-state index contributed by atoms with van der Waals surface area (Å²) in [6.07, 6.45) is 1.06. The molecule has 3 nitrogen and oxygen atoms in total. The van der Waals surface area contributed by atoms with Crippen LogP contribution in [0.5, 0.6) is 11.5 Å². The molecule has 1 aromatic carbocycles. The molecule has 0 aliphatic heterocycles. The molecule has 18 heavy (non-hydrogen) atoms.